The largest absolute Gasteiger partial charge is 0.351 e. The molecule has 1 aromatic carbocycles. The quantitative estimate of drug-likeness (QED) is 0.413. The zero-order valence-corrected chi connectivity index (χ0v) is 21.0. The lowest BCUT2D eigenvalue weighted by molar-refractivity contribution is -0.137. The van der Waals surface area contributed by atoms with Gasteiger partial charge in [0.25, 0.3) is 0 Å². The lowest BCUT2D eigenvalue weighted by Crippen LogP contribution is -2.48. The van der Waals surface area contributed by atoms with Crippen LogP contribution in [0.15, 0.2) is 72.7 Å². The van der Waals surface area contributed by atoms with Crippen LogP contribution in [0.5, 0.6) is 0 Å². The molecule has 1 heterocycles. The summed E-state index contributed by atoms with van der Waals surface area (Å²) in [7, 11) is 0. The predicted octanol–water partition coefficient (Wildman–Crippen LogP) is 5.18. The maximum absolute atomic E-state index is 13.9. The third-order valence-electron chi connectivity index (χ3n) is 6.13. The summed E-state index contributed by atoms with van der Waals surface area (Å²) >= 11 is 0. The fraction of sp³-hybridized carbons (Fsp3) is 0.393. The molecular formula is C28H37N5O2. The number of H-pyrrole nitrogens is 1. The minimum atomic E-state index is -0.828. The monoisotopic (exact) mass is 475 g/mol. The topological polar surface area (TPSA) is 90.1 Å². The van der Waals surface area contributed by atoms with Crippen molar-refractivity contribution in [2.45, 2.75) is 65.0 Å². The van der Waals surface area contributed by atoms with E-state index in [0.29, 0.717) is 11.6 Å². The SMILES string of the molecule is C=C(C)C=C(C=CC)N(C(=O)CNc1ncc[nH]1)C(C(=O)NC1CCCCC1)c1ccccc1C. The number of nitrogens with one attached hydrogen (secondary N) is 3. The second-order valence-corrected chi connectivity index (χ2v) is 9.07. The fourth-order valence-electron chi connectivity index (χ4n) is 4.48. The zero-order chi connectivity index (χ0) is 25.2. The normalized spacial score (nSPS) is 15.6. The molecule has 1 saturated carbocycles. The second kappa shape index (κ2) is 12.7. The fourth-order valence-corrected chi connectivity index (χ4v) is 4.48. The number of aryl methyl sites for hydroxylation is 1. The number of anilines is 1. The van der Waals surface area contributed by atoms with Crippen molar-refractivity contribution < 1.29 is 9.59 Å². The summed E-state index contributed by atoms with van der Waals surface area (Å²) in [6.45, 7) is 9.72. The third-order valence-corrected chi connectivity index (χ3v) is 6.13. The van der Waals surface area contributed by atoms with Crippen molar-refractivity contribution >= 4 is 17.8 Å². The van der Waals surface area contributed by atoms with Crippen LogP contribution in [0.3, 0.4) is 0 Å². The van der Waals surface area contributed by atoms with Crippen molar-refractivity contribution in [2.75, 3.05) is 11.9 Å². The number of benzene rings is 1. The molecule has 1 aromatic heterocycles. The summed E-state index contributed by atoms with van der Waals surface area (Å²) < 4.78 is 0. The zero-order valence-electron chi connectivity index (χ0n) is 21.0. The van der Waals surface area contributed by atoms with E-state index in [1.54, 1.807) is 17.3 Å². The van der Waals surface area contributed by atoms with Gasteiger partial charge in [0.2, 0.25) is 17.8 Å². The molecule has 1 atom stereocenters. The first-order chi connectivity index (χ1) is 16.9. The van der Waals surface area contributed by atoms with Crippen molar-refractivity contribution in [3.8, 4) is 0 Å². The first-order valence-corrected chi connectivity index (χ1v) is 12.3. The average Bonchev–Trinajstić information content (AvgIpc) is 3.35. The molecule has 0 radical (unpaired) electrons. The Bertz CT molecular complexity index is 1060. The van der Waals surface area contributed by atoms with Crippen LogP contribution >= 0.6 is 0 Å². The molecule has 186 valence electrons. The molecule has 7 nitrogen and oxygen atoms in total. The van der Waals surface area contributed by atoms with Crippen molar-refractivity contribution in [2.24, 2.45) is 0 Å². The Morgan fingerprint density at radius 1 is 1.26 bits per heavy atom. The average molecular weight is 476 g/mol. The van der Waals surface area contributed by atoms with Gasteiger partial charge in [-0.25, -0.2) is 4.98 Å². The Morgan fingerprint density at radius 3 is 2.63 bits per heavy atom. The number of amides is 2. The summed E-state index contributed by atoms with van der Waals surface area (Å²) in [6, 6.07) is 7.04. The van der Waals surface area contributed by atoms with Gasteiger partial charge in [0.05, 0.1) is 6.54 Å². The predicted molar refractivity (Wildman–Crippen MR) is 141 cm³/mol. The van der Waals surface area contributed by atoms with E-state index >= 15 is 0 Å². The Hall–Kier alpha value is -3.61. The second-order valence-electron chi connectivity index (χ2n) is 9.07. The van der Waals surface area contributed by atoms with Gasteiger partial charge in [-0.15, -0.1) is 0 Å². The standard InChI is InChI=1S/C28H37N5O2/c1-5-11-23(18-20(2)3)33(25(34)19-31-28-29-16-17-30-28)26(24-15-10-9-12-21(24)4)27(35)32-22-13-7-6-8-14-22/h5,9-12,15-18,22,26H,2,6-8,13-14,19H2,1,3-4H3,(H,32,35)(H2,29,30,31). The highest BCUT2D eigenvalue weighted by Crippen LogP contribution is 2.30. The highest BCUT2D eigenvalue weighted by atomic mass is 16.2. The van der Waals surface area contributed by atoms with E-state index in [9.17, 15) is 9.59 Å². The third kappa shape index (κ3) is 7.18. The van der Waals surface area contributed by atoms with Crippen molar-refractivity contribution in [1.29, 1.82) is 0 Å². The van der Waals surface area contributed by atoms with Gasteiger partial charge in [0, 0.05) is 24.1 Å². The van der Waals surface area contributed by atoms with E-state index in [2.05, 4.69) is 27.2 Å². The molecular weight excluding hydrogens is 438 g/mol. The van der Waals surface area contributed by atoms with Gasteiger partial charge in [-0.1, -0.05) is 61.8 Å². The number of hydrogen-bond donors (Lipinski definition) is 3. The summed E-state index contributed by atoms with van der Waals surface area (Å²) in [5.74, 6) is 0.0718. The summed E-state index contributed by atoms with van der Waals surface area (Å²) in [4.78, 5) is 36.4. The number of aromatic nitrogens is 2. The van der Waals surface area contributed by atoms with Crippen LogP contribution in [-0.4, -0.2) is 39.3 Å². The van der Waals surface area contributed by atoms with Crippen LogP contribution in [0, 0.1) is 6.92 Å². The molecule has 1 aliphatic rings. The number of rotatable bonds is 10. The first-order valence-electron chi connectivity index (χ1n) is 12.3. The number of aromatic amines is 1. The van der Waals surface area contributed by atoms with Crippen LogP contribution in [0.2, 0.25) is 0 Å². The van der Waals surface area contributed by atoms with Crippen molar-refractivity contribution in [1.82, 2.24) is 20.2 Å². The maximum Gasteiger partial charge on any atom is 0.248 e. The van der Waals surface area contributed by atoms with Crippen LogP contribution in [0.1, 0.15) is 63.1 Å². The Balaban J connectivity index is 2.05. The molecule has 1 unspecified atom stereocenters. The van der Waals surface area contributed by atoms with E-state index in [1.807, 2.05) is 63.3 Å². The molecule has 0 bridgehead atoms. The summed E-state index contributed by atoms with van der Waals surface area (Å²) in [6.07, 6.45) is 14.2. The molecule has 0 spiro atoms. The van der Waals surface area contributed by atoms with Gasteiger partial charge >= 0.3 is 0 Å². The van der Waals surface area contributed by atoms with Gasteiger partial charge in [0.15, 0.2) is 0 Å². The highest BCUT2D eigenvalue weighted by molar-refractivity contribution is 5.92. The minimum Gasteiger partial charge on any atom is -0.351 e. The molecule has 0 saturated heterocycles. The number of imidazole rings is 1. The highest BCUT2D eigenvalue weighted by Gasteiger charge is 2.35. The molecule has 2 amide bonds. The van der Waals surface area contributed by atoms with Crippen LogP contribution in [0.4, 0.5) is 5.95 Å². The van der Waals surface area contributed by atoms with Crippen molar-refractivity contribution in [3.05, 3.63) is 83.9 Å². The lowest BCUT2D eigenvalue weighted by atomic mass is 9.93. The summed E-state index contributed by atoms with van der Waals surface area (Å²) in [5.41, 5.74) is 3.14. The Morgan fingerprint density at radius 2 is 2.00 bits per heavy atom. The number of carbonyl (C=O) groups excluding carboxylic acids is 2. The molecule has 0 aliphatic heterocycles. The van der Waals surface area contributed by atoms with Gasteiger partial charge in [-0.2, -0.15) is 0 Å². The molecule has 1 fully saturated rings. The van der Waals surface area contributed by atoms with E-state index in [-0.39, 0.29) is 24.4 Å². The number of hydrogen-bond acceptors (Lipinski definition) is 4. The van der Waals surface area contributed by atoms with Crippen LogP contribution in [0.25, 0.3) is 0 Å². The number of allylic oxidation sites excluding steroid dienone is 4. The smallest absolute Gasteiger partial charge is 0.248 e. The van der Waals surface area contributed by atoms with Gasteiger partial charge < -0.3 is 15.6 Å². The number of carbonyl (C=O) groups is 2. The molecule has 3 rings (SSSR count). The maximum atomic E-state index is 13.9. The number of nitrogens with zero attached hydrogens (tertiary/aromatic N) is 2. The molecule has 2 aromatic rings. The molecule has 3 N–H and O–H groups in total. The van der Waals surface area contributed by atoms with Crippen LogP contribution < -0.4 is 10.6 Å². The van der Waals surface area contributed by atoms with Gasteiger partial charge in [-0.3, -0.25) is 14.5 Å². The molecule has 7 heteroatoms. The van der Waals surface area contributed by atoms with E-state index in [0.717, 1.165) is 42.4 Å². The lowest BCUT2D eigenvalue weighted by Gasteiger charge is -2.35. The van der Waals surface area contributed by atoms with Gasteiger partial charge in [0.1, 0.15) is 6.04 Å². The van der Waals surface area contributed by atoms with E-state index in [4.69, 9.17) is 0 Å². The molecule has 1 aliphatic carbocycles. The van der Waals surface area contributed by atoms with E-state index in [1.165, 1.54) is 6.42 Å². The first kappa shape index (κ1) is 26.0. The Kier molecular flexibility index (Phi) is 9.47. The van der Waals surface area contributed by atoms with Crippen LogP contribution in [-0.2, 0) is 9.59 Å². The Labute approximate surface area is 208 Å². The minimum absolute atomic E-state index is 0.0301. The van der Waals surface area contributed by atoms with Crippen molar-refractivity contribution in [3.63, 3.8) is 0 Å². The summed E-state index contributed by atoms with van der Waals surface area (Å²) in [5, 5.41) is 6.29. The van der Waals surface area contributed by atoms with Gasteiger partial charge in [-0.05, 0) is 56.9 Å². The van der Waals surface area contributed by atoms with E-state index < -0.39 is 6.04 Å². The molecule has 35 heavy (non-hydrogen) atoms.